The van der Waals surface area contributed by atoms with Crippen molar-refractivity contribution in [2.24, 2.45) is 0 Å². The van der Waals surface area contributed by atoms with Gasteiger partial charge in [-0.1, -0.05) is 30.3 Å². The van der Waals surface area contributed by atoms with Crippen molar-refractivity contribution in [2.75, 3.05) is 13.7 Å². The molecular weight excluding hydrogens is 296 g/mol. The van der Waals surface area contributed by atoms with Crippen molar-refractivity contribution >= 4 is 11.8 Å². The summed E-state index contributed by atoms with van der Waals surface area (Å²) in [5.41, 5.74) is 5.17. The number of para-hydroxylation sites is 2. The van der Waals surface area contributed by atoms with E-state index < -0.39 is 0 Å². The standard InChI is InChI=1S/C17H18N2O4/c1-22-14-9-5-6-10-15(14)23-12-11-16(20)18-19-17(21)13-7-3-2-4-8-13/h2-10H,11-12H2,1H3,(H,18,20)(H,19,21). The summed E-state index contributed by atoms with van der Waals surface area (Å²) >= 11 is 0. The van der Waals surface area contributed by atoms with Crippen LogP contribution in [0.2, 0.25) is 0 Å². The molecule has 2 amide bonds. The number of carbonyl (C=O) groups excluding carboxylic acids is 2. The van der Waals surface area contributed by atoms with Crippen LogP contribution in [0.15, 0.2) is 54.6 Å². The smallest absolute Gasteiger partial charge is 0.269 e. The maximum absolute atomic E-state index is 11.8. The van der Waals surface area contributed by atoms with Crippen molar-refractivity contribution in [3.63, 3.8) is 0 Å². The van der Waals surface area contributed by atoms with Gasteiger partial charge in [-0.15, -0.1) is 0 Å². The zero-order chi connectivity index (χ0) is 16.5. The zero-order valence-electron chi connectivity index (χ0n) is 12.7. The van der Waals surface area contributed by atoms with E-state index in [1.807, 2.05) is 18.2 Å². The Labute approximate surface area is 134 Å². The molecule has 0 unspecified atom stereocenters. The molecular formula is C17H18N2O4. The van der Waals surface area contributed by atoms with Gasteiger partial charge >= 0.3 is 0 Å². The molecule has 0 aliphatic rings. The van der Waals surface area contributed by atoms with Crippen LogP contribution in [0.5, 0.6) is 11.5 Å². The second-order valence-corrected chi connectivity index (χ2v) is 4.62. The number of benzene rings is 2. The van der Waals surface area contributed by atoms with Crippen LogP contribution in [-0.2, 0) is 4.79 Å². The number of hydrogen-bond acceptors (Lipinski definition) is 4. The summed E-state index contributed by atoms with van der Waals surface area (Å²) in [6.45, 7) is 0.174. The van der Waals surface area contributed by atoms with Gasteiger partial charge in [0.25, 0.3) is 5.91 Å². The Morgan fingerprint density at radius 3 is 2.26 bits per heavy atom. The zero-order valence-corrected chi connectivity index (χ0v) is 12.7. The largest absolute Gasteiger partial charge is 0.493 e. The number of rotatable bonds is 6. The molecule has 2 aromatic rings. The first kappa shape index (κ1) is 16.4. The lowest BCUT2D eigenvalue weighted by Crippen LogP contribution is -2.42. The van der Waals surface area contributed by atoms with Crippen molar-refractivity contribution in [3.8, 4) is 11.5 Å². The molecule has 0 saturated heterocycles. The molecule has 120 valence electrons. The van der Waals surface area contributed by atoms with E-state index >= 15 is 0 Å². The molecule has 0 fully saturated rings. The van der Waals surface area contributed by atoms with E-state index in [-0.39, 0.29) is 24.8 Å². The van der Waals surface area contributed by atoms with Gasteiger partial charge in [-0.25, -0.2) is 0 Å². The molecule has 6 heteroatoms. The lowest BCUT2D eigenvalue weighted by atomic mass is 10.2. The first-order valence-corrected chi connectivity index (χ1v) is 7.11. The fraction of sp³-hybridized carbons (Fsp3) is 0.176. The van der Waals surface area contributed by atoms with Crippen LogP contribution in [0.3, 0.4) is 0 Å². The predicted octanol–water partition coefficient (Wildman–Crippen LogP) is 1.93. The van der Waals surface area contributed by atoms with Crippen LogP contribution in [-0.4, -0.2) is 25.5 Å². The highest BCUT2D eigenvalue weighted by atomic mass is 16.5. The molecule has 0 aliphatic heterocycles. The Kier molecular flexibility index (Phi) is 5.99. The highest BCUT2D eigenvalue weighted by Gasteiger charge is 2.08. The Morgan fingerprint density at radius 2 is 1.57 bits per heavy atom. The van der Waals surface area contributed by atoms with Gasteiger partial charge in [-0.05, 0) is 24.3 Å². The first-order valence-electron chi connectivity index (χ1n) is 7.11. The summed E-state index contributed by atoms with van der Waals surface area (Å²) in [5, 5.41) is 0. The van der Waals surface area contributed by atoms with Crippen LogP contribution in [0.1, 0.15) is 16.8 Å². The predicted molar refractivity (Wildman–Crippen MR) is 85.2 cm³/mol. The maximum Gasteiger partial charge on any atom is 0.269 e. The van der Waals surface area contributed by atoms with Crippen LogP contribution >= 0.6 is 0 Å². The third kappa shape index (κ3) is 5.03. The minimum atomic E-state index is -0.371. The average Bonchev–Trinajstić information content (AvgIpc) is 2.61. The molecule has 0 heterocycles. The molecule has 6 nitrogen and oxygen atoms in total. The van der Waals surface area contributed by atoms with Gasteiger partial charge in [0.15, 0.2) is 11.5 Å². The van der Waals surface area contributed by atoms with Crippen molar-refractivity contribution in [1.29, 1.82) is 0 Å². The summed E-state index contributed by atoms with van der Waals surface area (Å²) in [4.78, 5) is 23.4. The molecule has 2 N–H and O–H groups in total. The van der Waals surface area contributed by atoms with E-state index in [1.165, 1.54) is 0 Å². The SMILES string of the molecule is COc1ccccc1OCCC(=O)NNC(=O)c1ccccc1. The van der Waals surface area contributed by atoms with E-state index in [9.17, 15) is 9.59 Å². The number of nitrogens with one attached hydrogen (secondary N) is 2. The molecule has 2 aromatic carbocycles. The monoisotopic (exact) mass is 314 g/mol. The minimum absolute atomic E-state index is 0.104. The molecule has 23 heavy (non-hydrogen) atoms. The summed E-state index contributed by atoms with van der Waals surface area (Å²) in [6.07, 6.45) is 0.104. The summed E-state index contributed by atoms with van der Waals surface area (Å²) in [5.74, 6) is 0.454. The first-order chi connectivity index (χ1) is 11.2. The van der Waals surface area contributed by atoms with Gasteiger partial charge in [-0.3, -0.25) is 20.4 Å². The normalized spacial score (nSPS) is 9.78. The molecule has 2 rings (SSSR count). The second kappa shape index (κ2) is 8.43. The number of amides is 2. The minimum Gasteiger partial charge on any atom is -0.493 e. The number of hydrazine groups is 1. The Balaban J connectivity index is 1.72. The lowest BCUT2D eigenvalue weighted by molar-refractivity contribution is -0.122. The fourth-order valence-corrected chi connectivity index (χ4v) is 1.84. The number of methoxy groups -OCH3 is 1. The topological polar surface area (TPSA) is 76.7 Å². The van der Waals surface area contributed by atoms with Crippen LogP contribution in [0.4, 0.5) is 0 Å². The van der Waals surface area contributed by atoms with Crippen molar-refractivity contribution in [1.82, 2.24) is 10.9 Å². The third-order valence-electron chi connectivity index (χ3n) is 3.01. The highest BCUT2D eigenvalue weighted by Crippen LogP contribution is 2.25. The van der Waals surface area contributed by atoms with E-state index in [0.717, 1.165) is 0 Å². The lowest BCUT2D eigenvalue weighted by Gasteiger charge is -2.10. The van der Waals surface area contributed by atoms with E-state index in [2.05, 4.69) is 10.9 Å². The van der Waals surface area contributed by atoms with Crippen LogP contribution in [0.25, 0.3) is 0 Å². The maximum atomic E-state index is 11.8. The van der Waals surface area contributed by atoms with Crippen molar-refractivity contribution < 1.29 is 19.1 Å². The van der Waals surface area contributed by atoms with Crippen molar-refractivity contribution in [3.05, 3.63) is 60.2 Å². The molecule has 0 radical (unpaired) electrons. The molecule has 0 saturated carbocycles. The van der Waals surface area contributed by atoms with Gasteiger partial charge < -0.3 is 9.47 Å². The van der Waals surface area contributed by atoms with Crippen molar-refractivity contribution in [2.45, 2.75) is 6.42 Å². The Morgan fingerprint density at radius 1 is 0.913 bits per heavy atom. The third-order valence-corrected chi connectivity index (χ3v) is 3.01. The van der Waals surface area contributed by atoms with Gasteiger partial charge in [-0.2, -0.15) is 0 Å². The fourth-order valence-electron chi connectivity index (χ4n) is 1.84. The Bertz CT molecular complexity index is 659. The average molecular weight is 314 g/mol. The molecule has 0 spiro atoms. The van der Waals surface area contributed by atoms with Gasteiger partial charge in [0.1, 0.15) is 0 Å². The molecule has 0 aliphatic carbocycles. The van der Waals surface area contributed by atoms with Gasteiger partial charge in [0, 0.05) is 5.56 Å². The molecule has 0 atom stereocenters. The number of hydrogen-bond donors (Lipinski definition) is 2. The van der Waals surface area contributed by atoms with E-state index in [4.69, 9.17) is 9.47 Å². The molecule has 0 bridgehead atoms. The number of ether oxygens (including phenoxy) is 2. The quantitative estimate of drug-likeness (QED) is 0.799. The van der Waals surface area contributed by atoms with E-state index in [0.29, 0.717) is 17.1 Å². The summed E-state index contributed by atoms with van der Waals surface area (Å²) in [7, 11) is 1.55. The summed E-state index contributed by atoms with van der Waals surface area (Å²) < 4.78 is 10.6. The molecule has 0 aromatic heterocycles. The van der Waals surface area contributed by atoms with E-state index in [1.54, 1.807) is 43.5 Å². The highest BCUT2D eigenvalue weighted by molar-refractivity contribution is 5.95. The van der Waals surface area contributed by atoms with Gasteiger partial charge in [0.05, 0.1) is 20.1 Å². The second-order valence-electron chi connectivity index (χ2n) is 4.62. The summed E-state index contributed by atoms with van der Waals surface area (Å²) in [6, 6.07) is 15.8. The Hall–Kier alpha value is -3.02. The van der Waals surface area contributed by atoms with Gasteiger partial charge in [0.2, 0.25) is 5.91 Å². The number of carbonyl (C=O) groups is 2. The van der Waals surface area contributed by atoms with Crippen LogP contribution in [0, 0.1) is 0 Å². The van der Waals surface area contributed by atoms with Crippen LogP contribution < -0.4 is 20.3 Å².